The van der Waals surface area contributed by atoms with E-state index in [-0.39, 0.29) is 0 Å². The van der Waals surface area contributed by atoms with Crippen molar-refractivity contribution in [3.8, 4) is 6.07 Å². The first kappa shape index (κ1) is 16.4. The third-order valence-corrected chi connectivity index (χ3v) is 4.93. The maximum absolute atomic E-state index is 8.85. The highest BCUT2D eigenvalue weighted by Gasteiger charge is 2.22. The molecular weight excluding hydrogens is 328 g/mol. The Morgan fingerprint density at radius 3 is 2.85 bits per heavy atom. The van der Waals surface area contributed by atoms with Gasteiger partial charge in [0.15, 0.2) is 5.82 Å². The van der Waals surface area contributed by atoms with Gasteiger partial charge >= 0.3 is 0 Å². The quantitative estimate of drug-likeness (QED) is 0.558. The minimum atomic E-state index is 0.345. The normalized spacial score (nSPS) is 20.0. The number of hydrogen-bond donors (Lipinski definition) is 4. The first-order valence-corrected chi connectivity index (χ1v) is 8.99. The molecule has 1 saturated carbocycles. The van der Waals surface area contributed by atoms with Crippen molar-refractivity contribution in [2.45, 2.75) is 45.1 Å². The third-order valence-electron chi connectivity index (χ3n) is 4.93. The van der Waals surface area contributed by atoms with Crippen molar-refractivity contribution in [1.82, 2.24) is 25.1 Å². The molecule has 4 rings (SSSR count). The van der Waals surface area contributed by atoms with Crippen LogP contribution in [0.1, 0.15) is 37.8 Å². The van der Waals surface area contributed by atoms with E-state index in [4.69, 9.17) is 5.26 Å². The standard InChI is InChI=1S/C18H22N8/c1-11-10-15(26-25-11)22-17-14-7-9-20-16(14)23-18(24-17)21-13-4-2-12(3-5-13)6-8-19/h7,9-10,12-13H,2-6H2,1H3,(H4,20,21,22,23,24,25,26). The number of H-pyrrole nitrogens is 2. The summed E-state index contributed by atoms with van der Waals surface area (Å²) >= 11 is 0. The van der Waals surface area contributed by atoms with Gasteiger partial charge in [0.2, 0.25) is 5.95 Å². The van der Waals surface area contributed by atoms with E-state index >= 15 is 0 Å². The molecule has 0 atom stereocenters. The van der Waals surface area contributed by atoms with Gasteiger partial charge in [0.25, 0.3) is 0 Å². The lowest BCUT2D eigenvalue weighted by molar-refractivity contribution is 0.342. The first-order valence-electron chi connectivity index (χ1n) is 8.99. The monoisotopic (exact) mass is 350 g/mol. The van der Waals surface area contributed by atoms with Crippen molar-refractivity contribution < 1.29 is 0 Å². The molecule has 1 fully saturated rings. The molecule has 0 unspecified atom stereocenters. The molecule has 0 spiro atoms. The SMILES string of the molecule is Cc1cc(Nc2nc(NC3CCC(CC#N)CC3)nc3[nH]ccc23)n[nH]1. The van der Waals surface area contributed by atoms with Crippen LogP contribution >= 0.6 is 0 Å². The molecule has 0 aliphatic heterocycles. The highest BCUT2D eigenvalue weighted by Crippen LogP contribution is 2.29. The predicted octanol–water partition coefficient (Wildman–Crippen LogP) is 3.62. The second-order valence-electron chi connectivity index (χ2n) is 6.92. The van der Waals surface area contributed by atoms with Gasteiger partial charge in [-0.2, -0.15) is 20.3 Å². The average molecular weight is 350 g/mol. The van der Waals surface area contributed by atoms with Gasteiger partial charge in [-0.15, -0.1) is 0 Å². The largest absolute Gasteiger partial charge is 0.351 e. The fourth-order valence-electron chi connectivity index (χ4n) is 3.53. The van der Waals surface area contributed by atoms with Crippen LogP contribution in [0.15, 0.2) is 18.3 Å². The molecular formula is C18H22N8. The minimum absolute atomic E-state index is 0.345. The molecule has 0 amide bonds. The summed E-state index contributed by atoms with van der Waals surface area (Å²) in [5, 5.41) is 23.6. The van der Waals surface area contributed by atoms with Crippen LogP contribution in [-0.2, 0) is 0 Å². The lowest BCUT2D eigenvalue weighted by Gasteiger charge is -2.27. The summed E-state index contributed by atoms with van der Waals surface area (Å²) in [5.41, 5.74) is 1.77. The molecule has 3 heterocycles. The van der Waals surface area contributed by atoms with Gasteiger partial charge in [-0.25, -0.2) is 0 Å². The van der Waals surface area contributed by atoms with E-state index in [0.717, 1.165) is 54.0 Å². The zero-order valence-electron chi connectivity index (χ0n) is 14.7. The molecule has 8 heteroatoms. The van der Waals surface area contributed by atoms with Crippen LogP contribution in [-0.4, -0.2) is 31.2 Å². The zero-order valence-corrected chi connectivity index (χ0v) is 14.7. The number of aromatic nitrogens is 5. The molecule has 0 radical (unpaired) electrons. The topological polar surface area (TPSA) is 118 Å². The van der Waals surface area contributed by atoms with Gasteiger partial charge in [-0.3, -0.25) is 5.10 Å². The number of nitrogens with zero attached hydrogens (tertiary/aromatic N) is 4. The number of rotatable bonds is 5. The molecule has 3 aromatic heterocycles. The predicted molar refractivity (Wildman–Crippen MR) is 100 cm³/mol. The second-order valence-corrected chi connectivity index (χ2v) is 6.92. The van der Waals surface area contributed by atoms with Gasteiger partial charge in [0, 0.05) is 30.4 Å². The number of hydrogen-bond acceptors (Lipinski definition) is 6. The van der Waals surface area contributed by atoms with Crippen LogP contribution in [0.25, 0.3) is 11.0 Å². The van der Waals surface area contributed by atoms with E-state index in [1.165, 1.54) is 0 Å². The van der Waals surface area contributed by atoms with Crippen molar-refractivity contribution in [2.24, 2.45) is 5.92 Å². The lowest BCUT2D eigenvalue weighted by atomic mass is 9.84. The molecule has 8 nitrogen and oxygen atoms in total. The van der Waals surface area contributed by atoms with Gasteiger partial charge in [0.05, 0.1) is 11.5 Å². The van der Waals surface area contributed by atoms with Crippen LogP contribution in [0.4, 0.5) is 17.6 Å². The van der Waals surface area contributed by atoms with Crippen molar-refractivity contribution in [2.75, 3.05) is 10.6 Å². The lowest BCUT2D eigenvalue weighted by Crippen LogP contribution is -2.27. The summed E-state index contributed by atoms with van der Waals surface area (Å²) in [6.45, 7) is 1.96. The Labute approximate surface area is 151 Å². The first-order chi connectivity index (χ1) is 12.7. The number of fused-ring (bicyclic) bond motifs is 1. The maximum atomic E-state index is 8.85. The molecule has 0 aromatic carbocycles. The summed E-state index contributed by atoms with van der Waals surface area (Å²) in [6, 6.07) is 6.52. The second kappa shape index (κ2) is 7.04. The fraction of sp³-hybridized carbons (Fsp3) is 0.444. The Morgan fingerprint density at radius 2 is 2.12 bits per heavy atom. The Hall–Kier alpha value is -3.08. The highest BCUT2D eigenvalue weighted by atomic mass is 15.2. The summed E-state index contributed by atoms with van der Waals surface area (Å²) in [7, 11) is 0. The molecule has 134 valence electrons. The van der Waals surface area contributed by atoms with Crippen LogP contribution < -0.4 is 10.6 Å². The Morgan fingerprint density at radius 1 is 1.27 bits per heavy atom. The van der Waals surface area contributed by atoms with E-state index in [1.807, 2.05) is 25.3 Å². The van der Waals surface area contributed by atoms with Crippen LogP contribution in [0, 0.1) is 24.2 Å². The summed E-state index contributed by atoms with van der Waals surface area (Å²) in [5.74, 6) is 2.60. The Bertz CT molecular complexity index is 926. The smallest absolute Gasteiger partial charge is 0.226 e. The van der Waals surface area contributed by atoms with Gasteiger partial charge in [0.1, 0.15) is 11.5 Å². The van der Waals surface area contributed by atoms with Crippen molar-refractivity contribution in [1.29, 1.82) is 5.26 Å². The molecule has 0 bridgehead atoms. The van der Waals surface area contributed by atoms with Crippen molar-refractivity contribution in [3.63, 3.8) is 0 Å². The summed E-state index contributed by atoms with van der Waals surface area (Å²) < 4.78 is 0. The third kappa shape index (κ3) is 3.47. The molecule has 4 N–H and O–H groups in total. The minimum Gasteiger partial charge on any atom is -0.351 e. The number of anilines is 3. The van der Waals surface area contributed by atoms with Gasteiger partial charge in [-0.05, 0) is 44.6 Å². The Balaban J connectivity index is 1.52. The molecule has 1 aliphatic carbocycles. The zero-order chi connectivity index (χ0) is 17.9. The molecule has 1 aliphatic rings. The van der Waals surface area contributed by atoms with E-state index < -0.39 is 0 Å². The van der Waals surface area contributed by atoms with Crippen LogP contribution in [0.3, 0.4) is 0 Å². The number of aryl methyl sites for hydroxylation is 1. The fourth-order valence-corrected chi connectivity index (χ4v) is 3.53. The molecule has 26 heavy (non-hydrogen) atoms. The molecule has 3 aromatic rings. The van der Waals surface area contributed by atoms with Gasteiger partial charge in [-0.1, -0.05) is 0 Å². The van der Waals surface area contributed by atoms with E-state index in [9.17, 15) is 0 Å². The molecule has 0 saturated heterocycles. The van der Waals surface area contributed by atoms with Gasteiger partial charge < -0.3 is 15.6 Å². The van der Waals surface area contributed by atoms with Crippen molar-refractivity contribution in [3.05, 3.63) is 24.0 Å². The van der Waals surface area contributed by atoms with Crippen LogP contribution in [0.5, 0.6) is 0 Å². The Kier molecular flexibility index (Phi) is 4.44. The number of aromatic amines is 2. The highest BCUT2D eigenvalue weighted by molar-refractivity contribution is 5.89. The number of nitrogens with one attached hydrogen (secondary N) is 4. The number of nitriles is 1. The van der Waals surface area contributed by atoms with E-state index in [0.29, 0.717) is 24.3 Å². The van der Waals surface area contributed by atoms with E-state index in [2.05, 4.69) is 41.9 Å². The van der Waals surface area contributed by atoms with Crippen LogP contribution in [0.2, 0.25) is 0 Å². The average Bonchev–Trinajstić information content (AvgIpc) is 3.26. The van der Waals surface area contributed by atoms with Crippen molar-refractivity contribution >= 4 is 28.6 Å². The maximum Gasteiger partial charge on any atom is 0.226 e. The summed E-state index contributed by atoms with van der Waals surface area (Å²) in [4.78, 5) is 12.4. The van der Waals surface area contributed by atoms with E-state index in [1.54, 1.807) is 0 Å². The summed E-state index contributed by atoms with van der Waals surface area (Å²) in [6.07, 6.45) is 6.76.